The Morgan fingerprint density at radius 3 is 2.62 bits per heavy atom. The number of carbonyl (C=O) groups is 1. The zero-order valence-corrected chi connectivity index (χ0v) is 19.4. The molecule has 0 radical (unpaired) electrons. The van der Waals surface area contributed by atoms with Crippen molar-refractivity contribution >= 4 is 38.4 Å². The molecule has 3 heterocycles. The molecule has 0 atom stereocenters. The van der Waals surface area contributed by atoms with Gasteiger partial charge in [-0.3, -0.25) is 9.48 Å². The molecule has 0 saturated carbocycles. The summed E-state index contributed by atoms with van der Waals surface area (Å²) in [6.07, 6.45) is 8.00. The van der Waals surface area contributed by atoms with Gasteiger partial charge in [-0.15, -0.1) is 0 Å². The Morgan fingerprint density at radius 2 is 1.85 bits per heavy atom. The first-order valence-corrected chi connectivity index (χ1v) is 12.3. The molecule has 5 rings (SSSR count). The van der Waals surface area contributed by atoms with Gasteiger partial charge in [-0.2, -0.15) is 5.10 Å². The van der Waals surface area contributed by atoms with Crippen molar-refractivity contribution in [2.24, 2.45) is 0 Å². The van der Waals surface area contributed by atoms with Crippen LogP contribution >= 0.6 is 11.6 Å². The van der Waals surface area contributed by atoms with E-state index >= 15 is 0 Å². The van der Waals surface area contributed by atoms with Crippen LogP contribution in [0.5, 0.6) is 0 Å². The smallest absolute Gasteiger partial charge is 0.267 e. The summed E-state index contributed by atoms with van der Waals surface area (Å²) in [4.78, 5) is 16.0. The average molecular weight is 494 g/mol. The van der Waals surface area contributed by atoms with Gasteiger partial charge >= 0.3 is 0 Å². The zero-order valence-electron chi connectivity index (χ0n) is 17.8. The van der Waals surface area contributed by atoms with E-state index in [1.165, 1.54) is 22.6 Å². The van der Waals surface area contributed by atoms with Crippen molar-refractivity contribution in [3.8, 4) is 0 Å². The Labute approximate surface area is 200 Å². The third-order valence-corrected chi connectivity index (χ3v) is 7.39. The van der Waals surface area contributed by atoms with Crippen molar-refractivity contribution in [3.63, 3.8) is 0 Å². The van der Waals surface area contributed by atoms with Gasteiger partial charge in [-0.25, -0.2) is 12.4 Å². The van der Waals surface area contributed by atoms with Gasteiger partial charge in [-0.05, 0) is 53.6 Å². The van der Waals surface area contributed by atoms with E-state index in [4.69, 9.17) is 11.6 Å². The first-order chi connectivity index (χ1) is 16.4. The van der Waals surface area contributed by atoms with Gasteiger partial charge in [0.25, 0.3) is 15.9 Å². The molecule has 0 aliphatic heterocycles. The standard InChI is InChI=1S/C24H20ClN5O3S/c25-20-5-8-23-22(11-20)18(12-26-23)13-27-24(31)19-14-28-29(16-19)15-17-3-6-21(7-4-17)34(32,33)30-9-1-2-10-30/h1-12,14,16,26H,13,15H2,(H,27,31). The molecular formula is C24H20ClN5O3S. The number of hydrogen-bond acceptors (Lipinski definition) is 4. The quantitative estimate of drug-likeness (QED) is 0.357. The summed E-state index contributed by atoms with van der Waals surface area (Å²) in [5, 5.41) is 8.76. The second-order valence-electron chi connectivity index (χ2n) is 7.78. The van der Waals surface area contributed by atoms with E-state index in [0.717, 1.165) is 22.0 Å². The Bertz CT molecular complexity index is 1570. The molecular weight excluding hydrogens is 474 g/mol. The molecule has 0 spiro atoms. The van der Waals surface area contributed by atoms with Crippen LogP contribution in [-0.2, 0) is 23.1 Å². The third-order valence-electron chi connectivity index (χ3n) is 5.48. The van der Waals surface area contributed by atoms with Crippen LogP contribution in [0.15, 0.2) is 90.5 Å². The van der Waals surface area contributed by atoms with E-state index in [9.17, 15) is 13.2 Å². The van der Waals surface area contributed by atoms with Gasteiger partial charge in [-0.1, -0.05) is 23.7 Å². The van der Waals surface area contributed by atoms with E-state index in [2.05, 4.69) is 15.4 Å². The van der Waals surface area contributed by atoms with E-state index in [0.29, 0.717) is 23.7 Å². The largest absolute Gasteiger partial charge is 0.361 e. The van der Waals surface area contributed by atoms with Gasteiger partial charge in [0.2, 0.25) is 0 Å². The number of rotatable bonds is 7. The highest BCUT2D eigenvalue weighted by Gasteiger charge is 2.16. The highest BCUT2D eigenvalue weighted by molar-refractivity contribution is 7.90. The van der Waals surface area contributed by atoms with E-state index < -0.39 is 10.0 Å². The van der Waals surface area contributed by atoms with Crippen molar-refractivity contribution < 1.29 is 13.2 Å². The van der Waals surface area contributed by atoms with Crippen LogP contribution in [-0.4, -0.2) is 33.1 Å². The summed E-state index contributed by atoms with van der Waals surface area (Å²) in [6.45, 7) is 0.750. The Balaban J connectivity index is 1.23. The first kappa shape index (κ1) is 22.0. The number of nitrogens with zero attached hydrogens (tertiary/aromatic N) is 3. The summed E-state index contributed by atoms with van der Waals surface area (Å²) in [7, 11) is -3.60. The molecule has 172 valence electrons. The molecule has 0 aliphatic carbocycles. The van der Waals surface area contributed by atoms with Crippen LogP contribution in [0.25, 0.3) is 10.9 Å². The fourth-order valence-corrected chi connectivity index (χ4v) is 5.05. The fraction of sp³-hybridized carbons (Fsp3) is 0.0833. The van der Waals surface area contributed by atoms with Crippen LogP contribution < -0.4 is 5.32 Å². The molecule has 34 heavy (non-hydrogen) atoms. The minimum Gasteiger partial charge on any atom is -0.361 e. The minimum absolute atomic E-state index is 0.201. The average Bonchev–Trinajstić information content (AvgIpc) is 3.59. The first-order valence-electron chi connectivity index (χ1n) is 10.4. The molecule has 0 bridgehead atoms. The lowest BCUT2D eigenvalue weighted by Gasteiger charge is -2.07. The summed E-state index contributed by atoms with van der Waals surface area (Å²) < 4.78 is 27.9. The number of fused-ring (bicyclic) bond motifs is 1. The number of aromatic amines is 1. The number of hydrogen-bond donors (Lipinski definition) is 2. The molecule has 3 aromatic heterocycles. The highest BCUT2D eigenvalue weighted by atomic mass is 35.5. The highest BCUT2D eigenvalue weighted by Crippen LogP contribution is 2.22. The molecule has 1 amide bonds. The van der Waals surface area contributed by atoms with Crippen LogP contribution in [0.1, 0.15) is 21.5 Å². The van der Waals surface area contributed by atoms with E-state index in [1.54, 1.807) is 47.3 Å². The molecule has 5 aromatic rings. The number of benzene rings is 2. The van der Waals surface area contributed by atoms with E-state index in [1.807, 2.05) is 24.4 Å². The molecule has 0 aliphatic rings. The monoisotopic (exact) mass is 493 g/mol. The maximum Gasteiger partial charge on any atom is 0.267 e. The van der Waals surface area contributed by atoms with E-state index in [-0.39, 0.29) is 10.8 Å². The van der Waals surface area contributed by atoms with Crippen molar-refractivity contribution in [3.05, 3.63) is 107 Å². The number of aromatic nitrogens is 4. The molecule has 2 aromatic carbocycles. The summed E-state index contributed by atoms with van der Waals surface area (Å²) >= 11 is 6.09. The second kappa shape index (κ2) is 8.85. The van der Waals surface area contributed by atoms with Crippen molar-refractivity contribution in [2.45, 2.75) is 18.0 Å². The van der Waals surface area contributed by atoms with Gasteiger partial charge < -0.3 is 10.3 Å². The maximum absolute atomic E-state index is 12.6. The zero-order chi connectivity index (χ0) is 23.7. The number of carbonyl (C=O) groups excluding carboxylic acids is 1. The second-order valence-corrected chi connectivity index (χ2v) is 10.1. The lowest BCUT2D eigenvalue weighted by molar-refractivity contribution is 0.0951. The maximum atomic E-state index is 12.6. The van der Waals surface area contributed by atoms with Crippen molar-refractivity contribution in [1.29, 1.82) is 0 Å². The lowest BCUT2D eigenvalue weighted by Crippen LogP contribution is -2.22. The van der Waals surface area contributed by atoms with Gasteiger partial charge in [0.1, 0.15) is 0 Å². The number of H-pyrrole nitrogens is 1. The fourth-order valence-electron chi connectivity index (χ4n) is 3.70. The summed E-state index contributed by atoms with van der Waals surface area (Å²) in [5.41, 5.74) is 3.18. The minimum atomic E-state index is -3.60. The molecule has 0 fully saturated rings. The Hall–Kier alpha value is -3.82. The summed E-state index contributed by atoms with van der Waals surface area (Å²) in [5.74, 6) is -0.240. The van der Waals surface area contributed by atoms with Crippen LogP contribution in [0.3, 0.4) is 0 Å². The van der Waals surface area contributed by atoms with Crippen molar-refractivity contribution in [1.82, 2.24) is 24.1 Å². The van der Waals surface area contributed by atoms with Gasteiger partial charge in [0.05, 0.1) is 23.2 Å². The topological polar surface area (TPSA) is 102 Å². The number of amides is 1. The normalized spacial score (nSPS) is 11.7. The number of halogens is 1. The third kappa shape index (κ3) is 4.35. The lowest BCUT2D eigenvalue weighted by atomic mass is 10.2. The Kier molecular flexibility index (Phi) is 5.72. The predicted molar refractivity (Wildman–Crippen MR) is 129 cm³/mol. The molecule has 10 heteroatoms. The molecule has 8 nitrogen and oxygen atoms in total. The van der Waals surface area contributed by atoms with Gasteiger partial charge in [0, 0.05) is 47.3 Å². The Morgan fingerprint density at radius 1 is 1.09 bits per heavy atom. The van der Waals surface area contributed by atoms with Gasteiger partial charge in [0.15, 0.2) is 0 Å². The van der Waals surface area contributed by atoms with Crippen molar-refractivity contribution in [2.75, 3.05) is 0 Å². The molecule has 0 saturated heterocycles. The molecule has 0 unspecified atom stereocenters. The summed E-state index contributed by atoms with van der Waals surface area (Å²) in [6, 6.07) is 15.5. The van der Waals surface area contributed by atoms with Crippen LogP contribution in [0, 0.1) is 0 Å². The number of nitrogens with one attached hydrogen (secondary N) is 2. The van der Waals surface area contributed by atoms with Crippen LogP contribution in [0.4, 0.5) is 0 Å². The predicted octanol–water partition coefficient (Wildman–Crippen LogP) is 4.03. The SMILES string of the molecule is O=C(NCc1c[nH]c2ccc(Cl)cc12)c1cnn(Cc2ccc(S(=O)(=O)n3cccc3)cc2)c1. The molecule has 2 N–H and O–H groups in total. The van der Waals surface area contributed by atoms with Crippen LogP contribution in [0.2, 0.25) is 5.02 Å².